The van der Waals surface area contributed by atoms with Crippen molar-refractivity contribution in [1.82, 2.24) is 4.90 Å². The van der Waals surface area contributed by atoms with E-state index >= 15 is 0 Å². The van der Waals surface area contributed by atoms with E-state index in [2.05, 4.69) is 36.1 Å². The normalized spacial score (nSPS) is 22.0. The fourth-order valence-corrected chi connectivity index (χ4v) is 3.36. The molecule has 2 aromatic rings. The van der Waals surface area contributed by atoms with Crippen LogP contribution < -0.4 is 4.74 Å². The summed E-state index contributed by atoms with van der Waals surface area (Å²) in [6.07, 6.45) is 1.80. The molecule has 1 atom stereocenters. The van der Waals surface area contributed by atoms with Crippen molar-refractivity contribution in [3.63, 3.8) is 0 Å². The predicted molar refractivity (Wildman–Crippen MR) is 92.6 cm³/mol. The van der Waals surface area contributed by atoms with E-state index < -0.39 is 5.60 Å². The zero-order valence-electron chi connectivity index (χ0n) is 14.0. The smallest absolute Gasteiger partial charge is 0.119 e. The Morgan fingerprint density at radius 3 is 2.70 bits per heavy atom. The van der Waals surface area contributed by atoms with Crippen LogP contribution in [-0.2, 0) is 12.1 Å². The number of hydrogen-bond acceptors (Lipinski definition) is 3. The molecular weight excluding hydrogens is 286 g/mol. The van der Waals surface area contributed by atoms with Gasteiger partial charge in [-0.3, -0.25) is 4.90 Å². The molecule has 3 rings (SSSR count). The highest BCUT2D eigenvalue weighted by molar-refractivity contribution is 5.33. The third kappa shape index (κ3) is 3.74. The first kappa shape index (κ1) is 16.0. The van der Waals surface area contributed by atoms with Crippen molar-refractivity contribution in [3.8, 4) is 5.75 Å². The molecule has 3 nitrogen and oxygen atoms in total. The Labute approximate surface area is 138 Å². The number of piperidine rings is 1. The van der Waals surface area contributed by atoms with Crippen molar-refractivity contribution in [2.45, 2.75) is 31.9 Å². The Hall–Kier alpha value is -1.84. The van der Waals surface area contributed by atoms with Crippen LogP contribution >= 0.6 is 0 Å². The minimum Gasteiger partial charge on any atom is -0.497 e. The van der Waals surface area contributed by atoms with Gasteiger partial charge in [-0.2, -0.15) is 0 Å². The first-order valence-corrected chi connectivity index (χ1v) is 8.24. The molecule has 0 aromatic heterocycles. The summed E-state index contributed by atoms with van der Waals surface area (Å²) in [6, 6.07) is 16.5. The lowest BCUT2D eigenvalue weighted by molar-refractivity contribution is -0.0382. The lowest BCUT2D eigenvalue weighted by atomic mass is 9.85. The average Bonchev–Trinajstić information content (AvgIpc) is 2.57. The van der Waals surface area contributed by atoms with E-state index in [1.54, 1.807) is 7.11 Å². The second-order valence-corrected chi connectivity index (χ2v) is 6.56. The number of nitrogens with zero attached hydrogens (tertiary/aromatic N) is 1. The predicted octanol–water partition coefficient (Wildman–Crippen LogP) is 3.49. The van der Waals surface area contributed by atoms with Crippen molar-refractivity contribution in [2.24, 2.45) is 0 Å². The van der Waals surface area contributed by atoms with Gasteiger partial charge in [0.1, 0.15) is 11.4 Å². The van der Waals surface area contributed by atoms with Crippen LogP contribution in [0.4, 0.5) is 0 Å². The molecule has 1 fully saturated rings. The largest absolute Gasteiger partial charge is 0.497 e. The summed E-state index contributed by atoms with van der Waals surface area (Å²) in [5.74, 6) is 0.798. The van der Waals surface area contributed by atoms with Crippen LogP contribution in [0.3, 0.4) is 0 Å². The maximum atomic E-state index is 11.2. The highest BCUT2D eigenvalue weighted by Gasteiger charge is 2.35. The van der Waals surface area contributed by atoms with Gasteiger partial charge < -0.3 is 9.84 Å². The summed E-state index contributed by atoms with van der Waals surface area (Å²) in [6.45, 7) is 4.67. The molecule has 3 heteroatoms. The summed E-state index contributed by atoms with van der Waals surface area (Å²) < 4.78 is 5.30. The highest BCUT2D eigenvalue weighted by Crippen LogP contribution is 2.33. The van der Waals surface area contributed by atoms with E-state index in [1.807, 2.05) is 24.3 Å². The number of benzene rings is 2. The Balaban J connectivity index is 1.75. The van der Waals surface area contributed by atoms with Crippen molar-refractivity contribution in [2.75, 3.05) is 20.2 Å². The fourth-order valence-electron chi connectivity index (χ4n) is 3.36. The van der Waals surface area contributed by atoms with Gasteiger partial charge in [0.15, 0.2) is 0 Å². The number of hydrogen-bond donors (Lipinski definition) is 1. The fraction of sp³-hybridized carbons (Fsp3) is 0.400. The molecule has 0 aliphatic carbocycles. The van der Waals surface area contributed by atoms with Crippen molar-refractivity contribution >= 4 is 0 Å². The lowest BCUT2D eigenvalue weighted by Crippen LogP contribution is -2.45. The van der Waals surface area contributed by atoms with Gasteiger partial charge >= 0.3 is 0 Å². The van der Waals surface area contributed by atoms with Gasteiger partial charge in [-0.1, -0.05) is 42.0 Å². The first-order valence-electron chi connectivity index (χ1n) is 8.24. The van der Waals surface area contributed by atoms with E-state index in [9.17, 15) is 5.11 Å². The minimum absolute atomic E-state index is 0.661. The van der Waals surface area contributed by atoms with Gasteiger partial charge in [0.2, 0.25) is 0 Å². The molecule has 1 aliphatic rings. The van der Waals surface area contributed by atoms with Gasteiger partial charge in [0.25, 0.3) is 0 Å². The van der Waals surface area contributed by atoms with Crippen LogP contribution in [0.2, 0.25) is 0 Å². The molecule has 0 radical (unpaired) electrons. The molecule has 1 N–H and O–H groups in total. The van der Waals surface area contributed by atoms with E-state index in [-0.39, 0.29) is 0 Å². The molecule has 0 spiro atoms. The standard InChI is InChI=1S/C20H25NO2/c1-16-7-9-17(10-8-16)14-21-12-4-11-20(22,15-21)18-5-3-6-19(13-18)23-2/h3,5-10,13,22H,4,11-12,14-15H2,1-2H3. The molecule has 1 saturated heterocycles. The number of ether oxygens (including phenoxy) is 1. The Kier molecular flexibility index (Phi) is 4.69. The number of likely N-dealkylation sites (tertiary alicyclic amines) is 1. The average molecular weight is 311 g/mol. The molecule has 23 heavy (non-hydrogen) atoms. The van der Waals surface area contributed by atoms with Crippen LogP contribution in [0.25, 0.3) is 0 Å². The van der Waals surface area contributed by atoms with Gasteiger partial charge in [-0.25, -0.2) is 0 Å². The Morgan fingerprint density at radius 2 is 1.96 bits per heavy atom. The molecule has 1 heterocycles. The quantitative estimate of drug-likeness (QED) is 0.938. The maximum Gasteiger partial charge on any atom is 0.119 e. The summed E-state index contributed by atoms with van der Waals surface area (Å²) in [5.41, 5.74) is 2.73. The van der Waals surface area contributed by atoms with Crippen molar-refractivity contribution < 1.29 is 9.84 Å². The summed E-state index contributed by atoms with van der Waals surface area (Å²) >= 11 is 0. The van der Waals surface area contributed by atoms with Gasteiger partial charge in [-0.15, -0.1) is 0 Å². The monoisotopic (exact) mass is 311 g/mol. The van der Waals surface area contributed by atoms with Crippen molar-refractivity contribution in [1.29, 1.82) is 0 Å². The number of β-amino-alcohol motifs (C(OH)–C–C–N with tert-alkyl or cyclic N) is 1. The summed E-state index contributed by atoms with van der Waals surface area (Å²) in [4.78, 5) is 2.34. The van der Waals surface area contributed by atoms with E-state index in [0.29, 0.717) is 6.54 Å². The van der Waals surface area contributed by atoms with Gasteiger partial charge in [0, 0.05) is 13.1 Å². The Morgan fingerprint density at radius 1 is 1.17 bits per heavy atom. The van der Waals surface area contributed by atoms with Crippen LogP contribution in [-0.4, -0.2) is 30.2 Å². The zero-order valence-corrected chi connectivity index (χ0v) is 14.0. The van der Waals surface area contributed by atoms with Crippen LogP contribution in [0.1, 0.15) is 29.5 Å². The maximum absolute atomic E-state index is 11.2. The topological polar surface area (TPSA) is 32.7 Å². The second kappa shape index (κ2) is 6.73. The van der Waals surface area contributed by atoms with E-state index in [0.717, 1.165) is 37.2 Å². The van der Waals surface area contributed by atoms with Gasteiger partial charge in [-0.05, 0) is 49.6 Å². The SMILES string of the molecule is COc1cccc(C2(O)CCCN(Cc3ccc(C)cc3)C2)c1. The molecule has 0 bridgehead atoms. The minimum atomic E-state index is -0.794. The van der Waals surface area contributed by atoms with Crippen LogP contribution in [0.5, 0.6) is 5.75 Å². The zero-order chi connectivity index (χ0) is 16.3. The van der Waals surface area contributed by atoms with Crippen LogP contribution in [0, 0.1) is 6.92 Å². The third-order valence-electron chi connectivity index (χ3n) is 4.68. The molecule has 2 aromatic carbocycles. The third-order valence-corrected chi connectivity index (χ3v) is 4.68. The van der Waals surface area contributed by atoms with Crippen LogP contribution in [0.15, 0.2) is 48.5 Å². The number of rotatable bonds is 4. The molecule has 0 saturated carbocycles. The molecule has 1 unspecified atom stereocenters. The number of aryl methyl sites for hydroxylation is 1. The summed E-state index contributed by atoms with van der Waals surface area (Å²) in [7, 11) is 1.66. The highest BCUT2D eigenvalue weighted by atomic mass is 16.5. The number of aliphatic hydroxyl groups is 1. The molecule has 0 amide bonds. The van der Waals surface area contributed by atoms with Gasteiger partial charge in [0.05, 0.1) is 7.11 Å². The lowest BCUT2D eigenvalue weighted by Gasteiger charge is -2.39. The number of methoxy groups -OCH3 is 1. The van der Waals surface area contributed by atoms with Crippen molar-refractivity contribution in [3.05, 3.63) is 65.2 Å². The molecule has 122 valence electrons. The van der Waals surface area contributed by atoms with E-state index in [1.165, 1.54) is 11.1 Å². The first-order chi connectivity index (χ1) is 11.1. The molecule has 1 aliphatic heterocycles. The van der Waals surface area contributed by atoms with E-state index in [4.69, 9.17) is 4.74 Å². The molecular formula is C20H25NO2. The Bertz CT molecular complexity index is 653. The second-order valence-electron chi connectivity index (χ2n) is 6.56. The summed E-state index contributed by atoms with van der Waals surface area (Å²) in [5, 5.41) is 11.2.